The van der Waals surface area contributed by atoms with Crippen LogP contribution in [0.2, 0.25) is 0 Å². The topological polar surface area (TPSA) is 29.1 Å². The first kappa shape index (κ1) is 14.0. The highest BCUT2D eigenvalue weighted by Gasteiger charge is 2.12. The van der Waals surface area contributed by atoms with Crippen LogP contribution in [0.1, 0.15) is 36.2 Å². The molecule has 0 saturated carbocycles. The molecule has 4 heteroatoms. The fourth-order valence-electron chi connectivity index (χ4n) is 1.64. The van der Waals surface area contributed by atoms with Crippen molar-refractivity contribution in [3.8, 4) is 0 Å². The molecule has 0 aliphatic heterocycles. The molecule has 0 spiro atoms. The molecule has 1 N–H and O–H groups in total. The molecule has 0 heterocycles. The lowest BCUT2D eigenvalue weighted by Gasteiger charge is -2.15. The van der Waals surface area contributed by atoms with Crippen molar-refractivity contribution in [1.29, 1.82) is 0 Å². The van der Waals surface area contributed by atoms with Crippen molar-refractivity contribution in [2.24, 2.45) is 0 Å². The Labute approximate surface area is 106 Å². The third-order valence-electron chi connectivity index (χ3n) is 2.48. The van der Waals surface area contributed by atoms with Gasteiger partial charge in [-0.25, -0.2) is 4.39 Å². The van der Waals surface area contributed by atoms with Crippen LogP contribution in [-0.4, -0.2) is 17.3 Å². The van der Waals surface area contributed by atoms with Gasteiger partial charge in [0, 0.05) is 17.0 Å². The van der Waals surface area contributed by atoms with Crippen LogP contribution in [0.3, 0.4) is 0 Å². The van der Waals surface area contributed by atoms with E-state index in [0.29, 0.717) is 17.5 Å². The highest BCUT2D eigenvalue weighted by Crippen LogP contribution is 2.10. The third-order valence-corrected chi connectivity index (χ3v) is 2.65. The fourth-order valence-corrected chi connectivity index (χ4v) is 1.91. The van der Waals surface area contributed by atoms with Crippen molar-refractivity contribution >= 4 is 17.5 Å². The molecule has 0 aliphatic rings. The second-order valence-electron chi connectivity index (χ2n) is 4.35. The summed E-state index contributed by atoms with van der Waals surface area (Å²) in [5.41, 5.74) is 0.939. The minimum absolute atomic E-state index is 0.000333. The normalized spacial score (nSPS) is 14.2. The van der Waals surface area contributed by atoms with Crippen molar-refractivity contribution in [2.45, 2.75) is 38.6 Å². The zero-order valence-corrected chi connectivity index (χ0v) is 11.0. The number of hydrogen-bond donors (Lipinski definition) is 1. The number of rotatable bonds is 4. The standard InChI is InChI=1S/C13H17ClFNO/c1-8-6-11(4-5-12(8)15)13(17)16-10(3)7-9(2)14/h4-6,9-10H,7H2,1-3H3,(H,16,17). The van der Waals surface area contributed by atoms with Gasteiger partial charge in [-0.1, -0.05) is 0 Å². The number of carbonyl (C=O) groups is 1. The molecule has 0 bridgehead atoms. The average Bonchev–Trinajstić information content (AvgIpc) is 2.20. The Kier molecular flexibility index (Phi) is 4.94. The van der Waals surface area contributed by atoms with Crippen LogP contribution in [0.15, 0.2) is 18.2 Å². The van der Waals surface area contributed by atoms with E-state index in [-0.39, 0.29) is 23.1 Å². The molecule has 1 aromatic carbocycles. The number of nitrogens with one attached hydrogen (secondary N) is 1. The molecule has 2 nitrogen and oxygen atoms in total. The van der Waals surface area contributed by atoms with Crippen molar-refractivity contribution in [3.63, 3.8) is 0 Å². The lowest BCUT2D eigenvalue weighted by Crippen LogP contribution is -2.33. The second-order valence-corrected chi connectivity index (χ2v) is 5.10. The molecule has 0 saturated heterocycles. The molecule has 17 heavy (non-hydrogen) atoms. The van der Waals surface area contributed by atoms with Gasteiger partial charge in [-0.2, -0.15) is 0 Å². The van der Waals surface area contributed by atoms with E-state index in [1.165, 1.54) is 12.1 Å². The number of halogens is 2. The first-order chi connectivity index (χ1) is 7.90. The largest absolute Gasteiger partial charge is 0.350 e. The molecule has 1 aromatic rings. The van der Waals surface area contributed by atoms with Gasteiger partial charge < -0.3 is 5.32 Å². The smallest absolute Gasteiger partial charge is 0.251 e. The van der Waals surface area contributed by atoms with Crippen LogP contribution >= 0.6 is 11.6 Å². The van der Waals surface area contributed by atoms with Crippen molar-refractivity contribution < 1.29 is 9.18 Å². The number of aryl methyl sites for hydroxylation is 1. The van der Waals surface area contributed by atoms with Gasteiger partial charge >= 0.3 is 0 Å². The van der Waals surface area contributed by atoms with Gasteiger partial charge in [0.2, 0.25) is 0 Å². The van der Waals surface area contributed by atoms with Crippen LogP contribution in [0.5, 0.6) is 0 Å². The number of benzene rings is 1. The number of carbonyl (C=O) groups excluding carboxylic acids is 1. The minimum Gasteiger partial charge on any atom is -0.350 e. The molecule has 0 fully saturated rings. The summed E-state index contributed by atoms with van der Waals surface area (Å²) < 4.78 is 13.0. The number of hydrogen-bond acceptors (Lipinski definition) is 1. The van der Waals surface area contributed by atoms with E-state index in [4.69, 9.17) is 11.6 Å². The highest BCUT2D eigenvalue weighted by molar-refractivity contribution is 6.20. The second kappa shape index (κ2) is 6.01. The number of amides is 1. The van der Waals surface area contributed by atoms with Gasteiger partial charge in [-0.05, 0) is 51.0 Å². The van der Waals surface area contributed by atoms with Crippen molar-refractivity contribution in [2.75, 3.05) is 0 Å². The first-order valence-corrected chi connectivity index (χ1v) is 6.05. The van der Waals surface area contributed by atoms with Gasteiger partial charge in [0.15, 0.2) is 0 Å². The highest BCUT2D eigenvalue weighted by atomic mass is 35.5. The molecule has 1 rings (SSSR count). The van der Waals surface area contributed by atoms with E-state index >= 15 is 0 Å². The summed E-state index contributed by atoms with van der Waals surface area (Å²) in [6.45, 7) is 5.41. The van der Waals surface area contributed by atoms with E-state index in [9.17, 15) is 9.18 Å². The van der Waals surface area contributed by atoms with Gasteiger partial charge in [0.05, 0.1) is 0 Å². The van der Waals surface area contributed by atoms with E-state index in [2.05, 4.69) is 5.32 Å². The predicted molar refractivity (Wildman–Crippen MR) is 68.0 cm³/mol. The zero-order valence-electron chi connectivity index (χ0n) is 10.3. The minimum atomic E-state index is -0.302. The van der Waals surface area contributed by atoms with E-state index in [0.717, 1.165) is 0 Å². The molecular weight excluding hydrogens is 241 g/mol. The van der Waals surface area contributed by atoms with E-state index in [1.54, 1.807) is 13.0 Å². The van der Waals surface area contributed by atoms with Crippen LogP contribution in [0, 0.1) is 12.7 Å². The Bertz CT molecular complexity index is 406. The summed E-state index contributed by atoms with van der Waals surface area (Å²) >= 11 is 5.85. The van der Waals surface area contributed by atoms with Crippen LogP contribution in [0.4, 0.5) is 4.39 Å². The summed E-state index contributed by atoms with van der Waals surface area (Å²) in [6.07, 6.45) is 0.702. The summed E-state index contributed by atoms with van der Waals surface area (Å²) in [5, 5.41) is 2.84. The molecule has 0 aromatic heterocycles. The Morgan fingerprint density at radius 3 is 2.65 bits per heavy atom. The molecule has 0 radical (unpaired) electrons. The first-order valence-electron chi connectivity index (χ1n) is 5.61. The van der Waals surface area contributed by atoms with Crippen LogP contribution in [-0.2, 0) is 0 Å². The van der Waals surface area contributed by atoms with Crippen molar-refractivity contribution in [1.82, 2.24) is 5.32 Å². The van der Waals surface area contributed by atoms with Crippen LogP contribution < -0.4 is 5.32 Å². The third kappa shape index (κ3) is 4.35. The van der Waals surface area contributed by atoms with Crippen molar-refractivity contribution in [3.05, 3.63) is 35.1 Å². The Hall–Kier alpha value is -1.09. The van der Waals surface area contributed by atoms with Gasteiger partial charge in [-0.3, -0.25) is 4.79 Å². The van der Waals surface area contributed by atoms with Gasteiger partial charge in [-0.15, -0.1) is 11.6 Å². The monoisotopic (exact) mass is 257 g/mol. The predicted octanol–water partition coefficient (Wildman–Crippen LogP) is 3.27. The molecule has 2 atom stereocenters. The maximum atomic E-state index is 13.0. The van der Waals surface area contributed by atoms with Gasteiger partial charge in [0.1, 0.15) is 5.82 Å². The summed E-state index contributed by atoms with van der Waals surface area (Å²) in [5.74, 6) is -0.498. The molecule has 94 valence electrons. The summed E-state index contributed by atoms with van der Waals surface area (Å²) in [6, 6.07) is 4.33. The molecular formula is C13H17ClFNO. The van der Waals surface area contributed by atoms with Crippen LogP contribution in [0.25, 0.3) is 0 Å². The number of alkyl halides is 1. The molecule has 1 amide bonds. The molecule has 0 aliphatic carbocycles. The fraction of sp³-hybridized carbons (Fsp3) is 0.462. The summed E-state index contributed by atoms with van der Waals surface area (Å²) in [7, 11) is 0. The lowest BCUT2D eigenvalue weighted by atomic mass is 10.1. The maximum Gasteiger partial charge on any atom is 0.251 e. The quantitative estimate of drug-likeness (QED) is 0.824. The maximum absolute atomic E-state index is 13.0. The SMILES string of the molecule is Cc1cc(C(=O)NC(C)CC(C)Cl)ccc1F. The lowest BCUT2D eigenvalue weighted by molar-refractivity contribution is 0.0938. The average molecular weight is 258 g/mol. The molecule has 2 unspecified atom stereocenters. The Morgan fingerprint density at radius 2 is 2.12 bits per heavy atom. The summed E-state index contributed by atoms with van der Waals surface area (Å²) in [4.78, 5) is 11.8. The van der Waals surface area contributed by atoms with E-state index in [1.807, 2.05) is 13.8 Å². The van der Waals surface area contributed by atoms with E-state index < -0.39 is 0 Å². The Morgan fingerprint density at radius 1 is 1.47 bits per heavy atom. The zero-order chi connectivity index (χ0) is 13.0. The van der Waals surface area contributed by atoms with Gasteiger partial charge in [0.25, 0.3) is 5.91 Å². The Balaban J connectivity index is 2.66.